The van der Waals surface area contributed by atoms with E-state index in [0.717, 1.165) is 4.99 Å². The monoisotopic (exact) mass is 118 g/mol. The van der Waals surface area contributed by atoms with Gasteiger partial charge in [-0.05, 0) is 0 Å². The van der Waals surface area contributed by atoms with Crippen molar-refractivity contribution in [3.8, 4) is 0 Å². The first-order valence-electron chi connectivity index (χ1n) is 2.08. The first-order valence-corrected chi connectivity index (χ1v) is 2.49. The third-order valence-corrected chi connectivity index (χ3v) is 1.21. The average molecular weight is 118 g/mol. The zero-order valence-electron chi connectivity index (χ0n) is 4.64. The lowest BCUT2D eigenvalue weighted by Crippen LogP contribution is -2.26. The molecule has 0 bridgehead atoms. The molecule has 0 rings (SSSR count). The molecule has 0 spiro atoms. The Hall–Kier alpha value is -0.150. The molecule has 2 N–H and O–H groups in total. The van der Waals surface area contributed by atoms with E-state index in [1.54, 1.807) is 0 Å². The van der Waals surface area contributed by atoms with Gasteiger partial charge >= 0.3 is 0 Å². The quantitative estimate of drug-likeness (QED) is 0.485. The number of hydrogen-bond acceptors (Lipinski definition) is 2. The Morgan fingerprint density at radius 2 is 2.14 bits per heavy atom. The predicted molar refractivity (Wildman–Crippen MR) is 35.3 cm³/mol. The molecule has 0 amide bonds. The topological polar surface area (TPSA) is 29.3 Å². The first-order chi connectivity index (χ1) is 3.18. The van der Waals surface area contributed by atoms with Crippen LogP contribution < -0.4 is 5.73 Å². The molecule has 0 saturated heterocycles. The van der Waals surface area contributed by atoms with Crippen molar-refractivity contribution in [1.29, 1.82) is 0 Å². The Bertz CT molecular complexity index is 70.1. The van der Waals surface area contributed by atoms with E-state index in [1.165, 1.54) is 0 Å². The number of nitrogens with two attached hydrogens (primary N) is 1. The van der Waals surface area contributed by atoms with E-state index in [0.29, 0.717) is 6.54 Å². The lowest BCUT2D eigenvalue weighted by Gasteiger charge is -2.09. The molecule has 7 heavy (non-hydrogen) atoms. The van der Waals surface area contributed by atoms with Crippen LogP contribution in [0.25, 0.3) is 0 Å². The summed E-state index contributed by atoms with van der Waals surface area (Å²) in [5.74, 6) is 0. The van der Waals surface area contributed by atoms with Crippen LogP contribution in [0.15, 0.2) is 0 Å². The average Bonchev–Trinajstić information content (AvgIpc) is 1.65. The summed E-state index contributed by atoms with van der Waals surface area (Å²) in [6.45, 7) is 0.475. The molecule has 0 aliphatic heterocycles. The van der Waals surface area contributed by atoms with E-state index in [-0.39, 0.29) is 0 Å². The molecule has 2 nitrogen and oxygen atoms in total. The van der Waals surface area contributed by atoms with Crippen molar-refractivity contribution >= 4 is 17.2 Å². The van der Waals surface area contributed by atoms with Crippen LogP contribution in [-0.2, 0) is 0 Å². The largest absolute Gasteiger partial charge is 0.371 e. The fourth-order valence-corrected chi connectivity index (χ4v) is 0.183. The van der Waals surface area contributed by atoms with Crippen molar-refractivity contribution in [1.82, 2.24) is 4.90 Å². The summed E-state index contributed by atoms with van der Waals surface area (Å²) >= 11 is 4.78. The lowest BCUT2D eigenvalue weighted by molar-refractivity contribution is 0.626. The third kappa shape index (κ3) is 2.53. The molecule has 0 saturated carbocycles. The van der Waals surface area contributed by atoms with Crippen molar-refractivity contribution in [2.45, 2.75) is 0 Å². The van der Waals surface area contributed by atoms with Gasteiger partial charge in [0, 0.05) is 20.6 Å². The second kappa shape index (κ2) is 2.93. The summed E-state index contributed by atoms with van der Waals surface area (Å²) in [4.78, 5) is 2.62. The molecule has 0 heterocycles. The van der Waals surface area contributed by atoms with Gasteiger partial charge in [0.2, 0.25) is 0 Å². The molecule has 0 radical (unpaired) electrons. The van der Waals surface area contributed by atoms with Crippen LogP contribution in [0.4, 0.5) is 0 Å². The maximum atomic E-state index is 5.19. The van der Waals surface area contributed by atoms with Crippen LogP contribution in [-0.4, -0.2) is 30.5 Å². The van der Waals surface area contributed by atoms with Crippen LogP contribution in [0.1, 0.15) is 0 Å². The van der Waals surface area contributed by atoms with E-state index < -0.39 is 0 Å². The highest BCUT2D eigenvalue weighted by Crippen LogP contribution is 1.76. The lowest BCUT2D eigenvalue weighted by atomic mass is 10.6. The van der Waals surface area contributed by atoms with E-state index in [9.17, 15) is 0 Å². The maximum absolute atomic E-state index is 5.19. The van der Waals surface area contributed by atoms with Gasteiger partial charge in [0.05, 0.1) is 4.99 Å². The minimum Gasteiger partial charge on any atom is -0.371 e. The van der Waals surface area contributed by atoms with Gasteiger partial charge in [-0.25, -0.2) is 0 Å². The van der Waals surface area contributed by atoms with Gasteiger partial charge in [0.25, 0.3) is 0 Å². The third-order valence-electron chi connectivity index (χ3n) is 0.673. The summed E-state index contributed by atoms with van der Waals surface area (Å²) < 4.78 is 0. The highest BCUT2D eigenvalue weighted by Gasteiger charge is 1.90. The molecule has 0 aromatic rings. The minimum atomic E-state index is 0.475. The van der Waals surface area contributed by atoms with Crippen molar-refractivity contribution in [2.75, 3.05) is 20.6 Å². The Balaban J connectivity index is 3.35. The number of nitrogens with zero attached hydrogens (tertiary/aromatic N) is 1. The molecule has 0 atom stereocenters. The van der Waals surface area contributed by atoms with Crippen LogP contribution >= 0.6 is 12.2 Å². The second-order valence-electron chi connectivity index (χ2n) is 1.49. The van der Waals surface area contributed by atoms with Crippen LogP contribution in [0.5, 0.6) is 0 Å². The maximum Gasteiger partial charge on any atom is 0.0912 e. The van der Waals surface area contributed by atoms with Gasteiger partial charge in [0.1, 0.15) is 0 Å². The Labute approximate surface area is 49.3 Å². The Kier molecular flexibility index (Phi) is 2.87. The van der Waals surface area contributed by atoms with E-state index >= 15 is 0 Å². The molecule has 3 heteroatoms. The molecule has 42 valence electrons. The number of rotatable bonds is 1. The molecule has 0 aliphatic carbocycles. The summed E-state index contributed by atoms with van der Waals surface area (Å²) in [5, 5.41) is 0. The Morgan fingerprint density at radius 1 is 1.71 bits per heavy atom. The van der Waals surface area contributed by atoms with Gasteiger partial charge in [-0.1, -0.05) is 12.2 Å². The summed E-state index contributed by atoms with van der Waals surface area (Å²) in [5.41, 5.74) is 5.19. The normalized spacial score (nSPS) is 8.43. The number of hydrogen-bond donors (Lipinski definition) is 1. The molecule has 0 unspecified atom stereocenters. The second-order valence-corrected chi connectivity index (χ2v) is 1.96. The van der Waals surface area contributed by atoms with Crippen molar-refractivity contribution < 1.29 is 0 Å². The van der Waals surface area contributed by atoms with Gasteiger partial charge in [-0.2, -0.15) is 0 Å². The molecular weight excluding hydrogens is 108 g/mol. The summed E-state index contributed by atoms with van der Waals surface area (Å²) in [7, 11) is 3.77. The van der Waals surface area contributed by atoms with Crippen molar-refractivity contribution in [2.24, 2.45) is 5.73 Å². The van der Waals surface area contributed by atoms with E-state index in [1.807, 2.05) is 19.0 Å². The van der Waals surface area contributed by atoms with Crippen LogP contribution in [0.3, 0.4) is 0 Å². The van der Waals surface area contributed by atoms with Gasteiger partial charge in [-0.15, -0.1) is 0 Å². The van der Waals surface area contributed by atoms with Crippen molar-refractivity contribution in [3.05, 3.63) is 0 Å². The summed E-state index contributed by atoms with van der Waals surface area (Å²) in [6.07, 6.45) is 0. The first kappa shape index (κ1) is 6.85. The Morgan fingerprint density at radius 3 is 2.14 bits per heavy atom. The minimum absolute atomic E-state index is 0.475. The number of likely N-dealkylation sites (N-methyl/N-ethyl adjacent to an activating group) is 1. The molecule has 0 aliphatic rings. The van der Waals surface area contributed by atoms with Crippen LogP contribution in [0, 0.1) is 0 Å². The van der Waals surface area contributed by atoms with Crippen LogP contribution in [0.2, 0.25) is 0 Å². The molecular formula is C4H10N2S. The van der Waals surface area contributed by atoms with E-state index in [2.05, 4.69) is 0 Å². The van der Waals surface area contributed by atoms with E-state index in [4.69, 9.17) is 18.0 Å². The zero-order valence-corrected chi connectivity index (χ0v) is 5.46. The molecule has 0 aromatic carbocycles. The summed E-state index contributed by atoms with van der Waals surface area (Å²) in [6, 6.07) is 0. The predicted octanol–water partition coefficient (Wildman–Crippen LogP) is -0.166. The fourth-order valence-electron chi connectivity index (χ4n) is 0.183. The molecule has 0 fully saturated rings. The van der Waals surface area contributed by atoms with Crippen molar-refractivity contribution in [3.63, 3.8) is 0 Å². The highest BCUT2D eigenvalue weighted by atomic mass is 32.1. The zero-order chi connectivity index (χ0) is 5.86. The fraction of sp³-hybridized carbons (Fsp3) is 0.750. The standard InChI is InChI=1S/C4H10N2S/c1-6(2)4(7)3-5/h3,5H2,1-2H3. The number of thiocarbonyl (C=S) groups is 1. The smallest absolute Gasteiger partial charge is 0.0912 e. The SMILES string of the molecule is CN(C)C(=S)CN. The van der Waals surface area contributed by atoms with Gasteiger partial charge < -0.3 is 10.6 Å². The highest BCUT2D eigenvalue weighted by molar-refractivity contribution is 7.80. The van der Waals surface area contributed by atoms with Gasteiger partial charge in [0.15, 0.2) is 0 Å². The molecule has 0 aromatic heterocycles. The van der Waals surface area contributed by atoms with Gasteiger partial charge in [-0.3, -0.25) is 0 Å².